The van der Waals surface area contributed by atoms with Gasteiger partial charge in [0.2, 0.25) is 5.91 Å². The van der Waals surface area contributed by atoms with Gasteiger partial charge in [0.25, 0.3) is 0 Å². The minimum atomic E-state index is 0.172. The van der Waals surface area contributed by atoms with Crippen LogP contribution in [0.2, 0.25) is 0 Å². The topological polar surface area (TPSA) is 59.3 Å². The standard InChI is InChI=1S/C15H20N4O/c20-15(11-12-5-1-2-6-12)16-9-8-14-18-17-13-7-3-4-10-19(13)14/h3-4,7,10,12H,1-2,5-6,8-9,11H2,(H,16,20). The molecule has 5 nitrogen and oxygen atoms in total. The van der Waals surface area contributed by atoms with E-state index in [0.717, 1.165) is 11.5 Å². The number of aromatic nitrogens is 3. The third-order valence-corrected chi connectivity index (χ3v) is 4.00. The number of carbonyl (C=O) groups excluding carboxylic acids is 1. The highest BCUT2D eigenvalue weighted by Gasteiger charge is 2.18. The number of rotatable bonds is 5. The Hall–Kier alpha value is -1.91. The largest absolute Gasteiger partial charge is 0.356 e. The maximum absolute atomic E-state index is 11.8. The van der Waals surface area contributed by atoms with E-state index < -0.39 is 0 Å². The van der Waals surface area contributed by atoms with Crippen LogP contribution < -0.4 is 5.32 Å². The van der Waals surface area contributed by atoms with Gasteiger partial charge >= 0.3 is 0 Å². The normalized spacial score (nSPS) is 15.8. The predicted molar refractivity (Wildman–Crippen MR) is 76.3 cm³/mol. The Morgan fingerprint density at radius 1 is 1.30 bits per heavy atom. The molecule has 0 aromatic carbocycles. The summed E-state index contributed by atoms with van der Waals surface area (Å²) >= 11 is 0. The van der Waals surface area contributed by atoms with Gasteiger partial charge in [0.15, 0.2) is 5.65 Å². The van der Waals surface area contributed by atoms with Crippen LogP contribution in [0.4, 0.5) is 0 Å². The first-order chi connectivity index (χ1) is 9.83. The number of hydrogen-bond donors (Lipinski definition) is 1. The summed E-state index contributed by atoms with van der Waals surface area (Å²) in [5.74, 6) is 1.66. The molecule has 2 heterocycles. The number of hydrogen-bond acceptors (Lipinski definition) is 3. The van der Waals surface area contributed by atoms with Crippen molar-refractivity contribution < 1.29 is 4.79 Å². The van der Waals surface area contributed by atoms with Crippen LogP contribution in [0.15, 0.2) is 24.4 Å². The Labute approximate surface area is 118 Å². The first-order valence-corrected chi connectivity index (χ1v) is 7.38. The lowest BCUT2D eigenvalue weighted by Crippen LogP contribution is -2.27. The smallest absolute Gasteiger partial charge is 0.220 e. The molecule has 1 fully saturated rings. The lowest BCUT2D eigenvalue weighted by atomic mass is 10.0. The highest BCUT2D eigenvalue weighted by molar-refractivity contribution is 5.76. The molecule has 0 bridgehead atoms. The van der Waals surface area contributed by atoms with E-state index >= 15 is 0 Å². The molecule has 1 amide bonds. The third kappa shape index (κ3) is 2.98. The SMILES string of the molecule is O=C(CC1CCCC1)NCCc1nnc2ccccn12. The van der Waals surface area contributed by atoms with Crippen molar-refractivity contribution in [2.24, 2.45) is 5.92 Å². The Balaban J connectivity index is 1.48. The number of nitrogens with one attached hydrogen (secondary N) is 1. The zero-order valence-corrected chi connectivity index (χ0v) is 11.6. The van der Waals surface area contributed by atoms with Gasteiger partial charge in [-0.05, 0) is 30.9 Å². The first kappa shape index (κ1) is 13.1. The molecule has 106 valence electrons. The van der Waals surface area contributed by atoms with Crippen LogP contribution in [0.1, 0.15) is 37.9 Å². The quantitative estimate of drug-likeness (QED) is 0.905. The molecule has 1 aliphatic carbocycles. The van der Waals surface area contributed by atoms with E-state index in [1.807, 2.05) is 28.8 Å². The van der Waals surface area contributed by atoms with E-state index in [4.69, 9.17) is 0 Å². The monoisotopic (exact) mass is 272 g/mol. The summed E-state index contributed by atoms with van der Waals surface area (Å²) in [4.78, 5) is 11.8. The van der Waals surface area contributed by atoms with Gasteiger partial charge in [0, 0.05) is 25.6 Å². The van der Waals surface area contributed by atoms with Crippen molar-refractivity contribution in [2.45, 2.75) is 38.5 Å². The molecule has 5 heteroatoms. The summed E-state index contributed by atoms with van der Waals surface area (Å²) in [6.45, 7) is 0.626. The number of nitrogens with zero attached hydrogens (tertiary/aromatic N) is 3. The van der Waals surface area contributed by atoms with Gasteiger partial charge in [0.1, 0.15) is 5.82 Å². The van der Waals surface area contributed by atoms with Crippen molar-refractivity contribution in [1.82, 2.24) is 19.9 Å². The molecule has 1 aliphatic rings. The summed E-state index contributed by atoms with van der Waals surface area (Å²) in [6.07, 6.45) is 8.32. The van der Waals surface area contributed by atoms with Crippen LogP contribution in [-0.2, 0) is 11.2 Å². The van der Waals surface area contributed by atoms with Gasteiger partial charge in [-0.25, -0.2) is 0 Å². The highest BCUT2D eigenvalue weighted by Crippen LogP contribution is 2.27. The van der Waals surface area contributed by atoms with Crippen molar-refractivity contribution in [3.05, 3.63) is 30.2 Å². The molecule has 0 unspecified atom stereocenters. The predicted octanol–water partition coefficient (Wildman–Crippen LogP) is 1.97. The fraction of sp³-hybridized carbons (Fsp3) is 0.533. The summed E-state index contributed by atoms with van der Waals surface area (Å²) in [7, 11) is 0. The van der Waals surface area contributed by atoms with Gasteiger partial charge in [-0.2, -0.15) is 0 Å². The molecule has 1 N–H and O–H groups in total. The van der Waals surface area contributed by atoms with Gasteiger partial charge in [0.05, 0.1) is 0 Å². The average Bonchev–Trinajstić information content (AvgIpc) is 3.09. The Morgan fingerprint density at radius 3 is 3.00 bits per heavy atom. The van der Waals surface area contributed by atoms with Crippen molar-refractivity contribution in [3.8, 4) is 0 Å². The van der Waals surface area contributed by atoms with Crippen LogP contribution in [-0.4, -0.2) is 27.0 Å². The maximum atomic E-state index is 11.8. The molecular weight excluding hydrogens is 252 g/mol. The number of amides is 1. The molecule has 3 rings (SSSR count). The first-order valence-electron chi connectivity index (χ1n) is 7.38. The lowest BCUT2D eigenvalue weighted by Gasteiger charge is -2.09. The average molecular weight is 272 g/mol. The van der Waals surface area contributed by atoms with E-state index in [1.54, 1.807) is 0 Å². The summed E-state index contributed by atoms with van der Waals surface area (Å²) < 4.78 is 1.96. The number of fused-ring (bicyclic) bond motifs is 1. The Bertz CT molecular complexity index is 586. The fourth-order valence-corrected chi connectivity index (χ4v) is 2.92. The van der Waals surface area contributed by atoms with Crippen LogP contribution in [0, 0.1) is 5.92 Å². The molecule has 1 saturated carbocycles. The molecule has 0 spiro atoms. The van der Waals surface area contributed by atoms with E-state index in [2.05, 4.69) is 15.5 Å². The van der Waals surface area contributed by atoms with E-state index in [0.29, 0.717) is 25.3 Å². The van der Waals surface area contributed by atoms with Crippen LogP contribution in [0.25, 0.3) is 5.65 Å². The summed E-state index contributed by atoms with van der Waals surface area (Å²) in [5, 5.41) is 11.2. The fourth-order valence-electron chi connectivity index (χ4n) is 2.92. The molecular formula is C15H20N4O. The van der Waals surface area contributed by atoms with E-state index in [9.17, 15) is 4.79 Å². The molecule has 0 radical (unpaired) electrons. The van der Waals surface area contributed by atoms with Crippen molar-refractivity contribution in [2.75, 3.05) is 6.54 Å². The highest BCUT2D eigenvalue weighted by atomic mass is 16.1. The minimum absolute atomic E-state index is 0.172. The van der Waals surface area contributed by atoms with E-state index in [-0.39, 0.29) is 5.91 Å². The zero-order valence-electron chi connectivity index (χ0n) is 11.6. The summed E-state index contributed by atoms with van der Waals surface area (Å²) in [6, 6.07) is 5.82. The molecule has 2 aromatic heterocycles. The van der Waals surface area contributed by atoms with Gasteiger partial charge < -0.3 is 5.32 Å². The second-order valence-electron chi connectivity index (χ2n) is 5.50. The maximum Gasteiger partial charge on any atom is 0.220 e. The molecule has 0 atom stereocenters. The molecule has 0 saturated heterocycles. The Kier molecular flexibility index (Phi) is 3.95. The second-order valence-corrected chi connectivity index (χ2v) is 5.50. The lowest BCUT2D eigenvalue weighted by molar-refractivity contribution is -0.121. The van der Waals surface area contributed by atoms with Crippen molar-refractivity contribution in [3.63, 3.8) is 0 Å². The second kappa shape index (κ2) is 6.03. The van der Waals surface area contributed by atoms with Gasteiger partial charge in [-0.3, -0.25) is 9.20 Å². The molecule has 0 aliphatic heterocycles. The van der Waals surface area contributed by atoms with Gasteiger partial charge in [-0.1, -0.05) is 18.9 Å². The van der Waals surface area contributed by atoms with Crippen LogP contribution in [0.3, 0.4) is 0 Å². The van der Waals surface area contributed by atoms with Crippen LogP contribution >= 0.6 is 0 Å². The van der Waals surface area contributed by atoms with E-state index in [1.165, 1.54) is 25.7 Å². The minimum Gasteiger partial charge on any atom is -0.356 e. The number of carbonyl (C=O) groups is 1. The Morgan fingerprint density at radius 2 is 2.15 bits per heavy atom. The third-order valence-electron chi connectivity index (χ3n) is 4.00. The van der Waals surface area contributed by atoms with Crippen molar-refractivity contribution in [1.29, 1.82) is 0 Å². The molecule has 2 aromatic rings. The van der Waals surface area contributed by atoms with Crippen molar-refractivity contribution >= 4 is 11.6 Å². The molecule has 20 heavy (non-hydrogen) atoms. The van der Waals surface area contributed by atoms with Gasteiger partial charge in [-0.15, -0.1) is 10.2 Å². The zero-order chi connectivity index (χ0) is 13.8. The van der Waals surface area contributed by atoms with Crippen LogP contribution in [0.5, 0.6) is 0 Å². The number of pyridine rings is 1. The summed E-state index contributed by atoms with van der Waals surface area (Å²) in [5.41, 5.74) is 0.847.